The van der Waals surface area contributed by atoms with E-state index in [0.29, 0.717) is 13.0 Å². The van der Waals surface area contributed by atoms with E-state index in [-0.39, 0.29) is 5.56 Å². The van der Waals surface area contributed by atoms with Crippen LogP contribution in [0.25, 0.3) is 0 Å². The highest BCUT2D eigenvalue weighted by atomic mass is 32.1. The summed E-state index contributed by atoms with van der Waals surface area (Å²) < 4.78 is 38.7. The van der Waals surface area contributed by atoms with Gasteiger partial charge in [-0.05, 0) is 13.0 Å². The van der Waals surface area contributed by atoms with Gasteiger partial charge in [0.25, 0.3) is 0 Å². The molecule has 1 atom stereocenters. The number of aromatic nitrogens is 2. The maximum Gasteiger partial charge on any atom is 0.418 e. The van der Waals surface area contributed by atoms with Crippen LogP contribution in [-0.4, -0.2) is 20.8 Å². The summed E-state index contributed by atoms with van der Waals surface area (Å²) in [6.45, 7) is 2.47. The fourth-order valence-electron chi connectivity index (χ4n) is 1.75. The molecule has 0 saturated heterocycles. The molecule has 0 bridgehead atoms. The van der Waals surface area contributed by atoms with Crippen molar-refractivity contribution in [1.82, 2.24) is 9.55 Å². The van der Waals surface area contributed by atoms with Crippen LogP contribution in [0.5, 0.6) is 0 Å². The molecule has 0 aliphatic rings. The van der Waals surface area contributed by atoms with E-state index in [1.54, 1.807) is 16.3 Å². The SMILES string of the molecule is Cc1ncsc1CCn1ccc(C(O)C(F)(F)F)c1. The predicted molar refractivity (Wildman–Crippen MR) is 66.0 cm³/mol. The van der Waals surface area contributed by atoms with Gasteiger partial charge >= 0.3 is 6.18 Å². The first-order valence-electron chi connectivity index (χ1n) is 5.67. The smallest absolute Gasteiger partial charge is 0.379 e. The first kappa shape index (κ1) is 14.1. The number of alkyl halides is 3. The van der Waals surface area contributed by atoms with E-state index in [1.807, 2.05) is 6.92 Å². The van der Waals surface area contributed by atoms with Crippen LogP contribution in [-0.2, 0) is 13.0 Å². The fourth-order valence-corrected chi connectivity index (χ4v) is 2.52. The minimum absolute atomic E-state index is 0.131. The van der Waals surface area contributed by atoms with Crippen LogP contribution in [0, 0.1) is 6.92 Å². The Hall–Kier alpha value is -1.34. The fraction of sp³-hybridized carbons (Fsp3) is 0.417. The van der Waals surface area contributed by atoms with Crippen LogP contribution in [0.3, 0.4) is 0 Å². The van der Waals surface area contributed by atoms with Gasteiger partial charge in [-0.25, -0.2) is 4.98 Å². The van der Waals surface area contributed by atoms with Gasteiger partial charge in [-0.15, -0.1) is 11.3 Å². The van der Waals surface area contributed by atoms with Gasteiger partial charge in [0.2, 0.25) is 0 Å². The third kappa shape index (κ3) is 3.36. The number of nitrogens with zero attached hydrogens (tertiary/aromatic N) is 2. The van der Waals surface area contributed by atoms with Gasteiger partial charge in [0, 0.05) is 35.8 Å². The number of hydrogen-bond acceptors (Lipinski definition) is 3. The molecule has 0 fully saturated rings. The van der Waals surface area contributed by atoms with Gasteiger partial charge in [-0.3, -0.25) is 0 Å². The van der Waals surface area contributed by atoms with Gasteiger partial charge in [0.05, 0.1) is 11.2 Å². The second kappa shape index (κ2) is 5.34. The van der Waals surface area contributed by atoms with Crippen molar-refractivity contribution in [1.29, 1.82) is 0 Å². The minimum atomic E-state index is -4.62. The Morgan fingerprint density at radius 2 is 2.21 bits per heavy atom. The monoisotopic (exact) mass is 290 g/mol. The Labute approximate surface area is 112 Å². The van der Waals surface area contributed by atoms with Crippen molar-refractivity contribution < 1.29 is 18.3 Å². The van der Waals surface area contributed by atoms with Crippen LogP contribution in [0.1, 0.15) is 22.2 Å². The highest BCUT2D eigenvalue weighted by Crippen LogP contribution is 2.32. The highest BCUT2D eigenvalue weighted by molar-refractivity contribution is 7.09. The largest absolute Gasteiger partial charge is 0.418 e. The average Bonchev–Trinajstić information content (AvgIpc) is 2.93. The molecule has 0 aromatic carbocycles. The second-order valence-electron chi connectivity index (χ2n) is 4.24. The van der Waals surface area contributed by atoms with Crippen LogP contribution in [0.2, 0.25) is 0 Å². The Morgan fingerprint density at radius 1 is 1.47 bits per heavy atom. The van der Waals surface area contributed by atoms with E-state index in [0.717, 1.165) is 10.6 Å². The molecule has 0 radical (unpaired) electrons. The molecule has 0 aliphatic carbocycles. The molecule has 0 saturated carbocycles. The van der Waals surface area contributed by atoms with Crippen LogP contribution in [0.4, 0.5) is 13.2 Å². The maximum absolute atomic E-state index is 12.3. The molecule has 0 aliphatic heterocycles. The maximum atomic E-state index is 12.3. The Balaban J connectivity index is 2.00. The highest BCUT2D eigenvalue weighted by Gasteiger charge is 2.39. The summed E-state index contributed by atoms with van der Waals surface area (Å²) in [7, 11) is 0. The molecular weight excluding hydrogens is 277 g/mol. The second-order valence-corrected chi connectivity index (χ2v) is 5.18. The molecule has 3 nitrogen and oxygen atoms in total. The lowest BCUT2D eigenvalue weighted by Gasteiger charge is -2.12. The minimum Gasteiger partial charge on any atom is -0.379 e. The number of rotatable bonds is 4. The van der Waals surface area contributed by atoms with Crippen molar-refractivity contribution >= 4 is 11.3 Å². The summed E-state index contributed by atoms with van der Waals surface area (Å²) >= 11 is 1.53. The van der Waals surface area contributed by atoms with Gasteiger partial charge in [0.1, 0.15) is 0 Å². The first-order valence-corrected chi connectivity index (χ1v) is 6.55. The summed E-state index contributed by atoms with van der Waals surface area (Å²) in [5.41, 5.74) is 2.57. The third-order valence-electron chi connectivity index (χ3n) is 2.84. The summed E-state index contributed by atoms with van der Waals surface area (Å²) in [5.74, 6) is 0. The van der Waals surface area contributed by atoms with E-state index in [9.17, 15) is 13.2 Å². The van der Waals surface area contributed by atoms with Crippen molar-refractivity contribution in [3.8, 4) is 0 Å². The van der Waals surface area contributed by atoms with Crippen molar-refractivity contribution in [2.45, 2.75) is 32.2 Å². The first-order chi connectivity index (χ1) is 8.88. The summed E-state index contributed by atoms with van der Waals surface area (Å²) in [4.78, 5) is 5.23. The molecule has 2 rings (SSSR count). The zero-order chi connectivity index (χ0) is 14.0. The van der Waals surface area contributed by atoms with E-state index >= 15 is 0 Å². The number of thiazole rings is 1. The number of aliphatic hydroxyl groups excluding tert-OH is 1. The molecule has 2 aromatic rings. The zero-order valence-electron chi connectivity index (χ0n) is 10.2. The third-order valence-corrected chi connectivity index (χ3v) is 3.84. The Kier molecular flexibility index (Phi) is 3.96. The van der Waals surface area contributed by atoms with Crippen molar-refractivity contribution in [2.24, 2.45) is 0 Å². The molecule has 2 aromatic heterocycles. The van der Waals surface area contributed by atoms with Crippen molar-refractivity contribution in [3.05, 3.63) is 40.1 Å². The molecule has 0 amide bonds. The van der Waals surface area contributed by atoms with Gasteiger partial charge in [-0.1, -0.05) is 0 Å². The number of aliphatic hydroxyl groups is 1. The molecule has 2 heterocycles. The van der Waals surface area contributed by atoms with Gasteiger partial charge in [0.15, 0.2) is 6.10 Å². The van der Waals surface area contributed by atoms with Crippen LogP contribution < -0.4 is 0 Å². The topological polar surface area (TPSA) is 38.0 Å². The Bertz CT molecular complexity index is 547. The molecule has 7 heteroatoms. The average molecular weight is 290 g/mol. The van der Waals surface area contributed by atoms with Gasteiger partial charge in [-0.2, -0.15) is 13.2 Å². The molecule has 1 N–H and O–H groups in total. The van der Waals surface area contributed by atoms with Gasteiger partial charge < -0.3 is 9.67 Å². The molecule has 104 valence electrons. The van der Waals surface area contributed by atoms with E-state index in [1.165, 1.54) is 23.6 Å². The van der Waals surface area contributed by atoms with Crippen LogP contribution in [0.15, 0.2) is 24.0 Å². The summed E-state index contributed by atoms with van der Waals surface area (Å²) in [6, 6.07) is 1.29. The lowest BCUT2D eigenvalue weighted by Crippen LogP contribution is -2.19. The van der Waals surface area contributed by atoms with E-state index in [4.69, 9.17) is 5.11 Å². The quantitative estimate of drug-likeness (QED) is 0.939. The van der Waals surface area contributed by atoms with E-state index in [2.05, 4.69) is 4.98 Å². The zero-order valence-corrected chi connectivity index (χ0v) is 11.0. The molecule has 1 unspecified atom stereocenters. The number of halogens is 3. The normalized spacial score (nSPS) is 13.7. The van der Waals surface area contributed by atoms with Crippen LogP contribution >= 0.6 is 11.3 Å². The number of hydrogen-bond donors (Lipinski definition) is 1. The molecule has 19 heavy (non-hydrogen) atoms. The lowest BCUT2D eigenvalue weighted by atomic mass is 10.2. The van der Waals surface area contributed by atoms with E-state index < -0.39 is 12.3 Å². The van der Waals surface area contributed by atoms with Crippen molar-refractivity contribution in [3.63, 3.8) is 0 Å². The number of aryl methyl sites for hydroxylation is 3. The summed E-state index contributed by atoms with van der Waals surface area (Å²) in [6.07, 6.45) is -3.46. The lowest BCUT2D eigenvalue weighted by molar-refractivity contribution is -0.206. The molecule has 0 spiro atoms. The standard InChI is InChI=1S/C12H13F3N2OS/c1-8-10(19-7-16-8)3-5-17-4-2-9(6-17)11(18)12(13,14)15/h2,4,6-7,11,18H,3,5H2,1H3. The molecular formula is C12H13F3N2OS. The predicted octanol–water partition coefficient (Wildman–Crippen LogP) is 3.09. The Morgan fingerprint density at radius 3 is 2.79 bits per heavy atom. The summed E-state index contributed by atoms with van der Waals surface area (Å²) in [5, 5.41) is 9.12. The van der Waals surface area contributed by atoms with Crippen molar-refractivity contribution in [2.75, 3.05) is 0 Å².